The van der Waals surface area contributed by atoms with Crippen LogP contribution in [0.1, 0.15) is 28.4 Å². The molecule has 0 radical (unpaired) electrons. The van der Waals surface area contributed by atoms with E-state index >= 15 is 0 Å². The van der Waals surface area contributed by atoms with Crippen LogP contribution in [0.5, 0.6) is 11.5 Å². The van der Waals surface area contributed by atoms with E-state index in [1.54, 1.807) is 24.5 Å². The van der Waals surface area contributed by atoms with Gasteiger partial charge in [0.15, 0.2) is 11.5 Å². The molecule has 0 fully saturated rings. The van der Waals surface area contributed by atoms with Crippen molar-refractivity contribution in [3.8, 4) is 11.5 Å². The molecule has 142 valence electrons. The maximum atomic E-state index is 12.0. The van der Waals surface area contributed by atoms with Crippen molar-refractivity contribution in [3.63, 3.8) is 0 Å². The molecular weight excluding hydrogens is 354 g/mol. The lowest BCUT2D eigenvalue weighted by molar-refractivity contribution is 0.0955. The molecule has 0 bridgehead atoms. The van der Waals surface area contributed by atoms with E-state index in [2.05, 4.69) is 15.5 Å². The van der Waals surface area contributed by atoms with Crippen LogP contribution in [-0.2, 0) is 6.61 Å². The van der Waals surface area contributed by atoms with Crippen LogP contribution < -0.4 is 14.9 Å². The number of pyridine rings is 1. The largest absolute Gasteiger partial charge is 0.490 e. The fourth-order valence-corrected chi connectivity index (χ4v) is 2.45. The van der Waals surface area contributed by atoms with Crippen LogP contribution >= 0.6 is 0 Å². The van der Waals surface area contributed by atoms with E-state index in [0.717, 1.165) is 11.1 Å². The quantitative estimate of drug-likeness (QED) is 0.480. The van der Waals surface area contributed by atoms with Gasteiger partial charge in [-0.25, -0.2) is 5.43 Å². The summed E-state index contributed by atoms with van der Waals surface area (Å²) in [7, 11) is 0. The third kappa shape index (κ3) is 5.41. The van der Waals surface area contributed by atoms with Gasteiger partial charge in [-0.3, -0.25) is 9.78 Å². The maximum absolute atomic E-state index is 12.0. The Morgan fingerprint density at radius 2 is 1.93 bits per heavy atom. The molecule has 3 rings (SSSR count). The predicted molar refractivity (Wildman–Crippen MR) is 108 cm³/mol. The first-order valence-corrected chi connectivity index (χ1v) is 8.93. The fourth-order valence-electron chi connectivity index (χ4n) is 2.45. The number of hydrogen-bond donors (Lipinski definition) is 1. The number of nitrogens with zero attached hydrogens (tertiary/aromatic N) is 2. The molecule has 1 N–H and O–H groups in total. The SMILES string of the molecule is CCOc1cc(/C=N/NC(=O)c2cccnc2)ccc1OCc1ccccc1. The predicted octanol–water partition coefficient (Wildman–Crippen LogP) is 3.82. The van der Waals surface area contributed by atoms with Gasteiger partial charge in [-0.15, -0.1) is 0 Å². The Balaban J connectivity index is 1.65. The molecule has 28 heavy (non-hydrogen) atoms. The first-order valence-electron chi connectivity index (χ1n) is 8.93. The third-order valence-corrected chi connectivity index (χ3v) is 3.81. The van der Waals surface area contributed by atoms with Crippen molar-refractivity contribution in [1.82, 2.24) is 10.4 Å². The summed E-state index contributed by atoms with van der Waals surface area (Å²) in [6.07, 6.45) is 4.64. The third-order valence-electron chi connectivity index (χ3n) is 3.81. The second kappa shape index (κ2) is 9.87. The molecule has 0 saturated carbocycles. The van der Waals surface area contributed by atoms with Gasteiger partial charge >= 0.3 is 0 Å². The fraction of sp³-hybridized carbons (Fsp3) is 0.136. The number of hydrazone groups is 1. The first-order chi connectivity index (χ1) is 13.8. The molecule has 0 unspecified atom stereocenters. The van der Waals surface area contributed by atoms with Gasteiger partial charge in [0.25, 0.3) is 5.91 Å². The van der Waals surface area contributed by atoms with E-state index in [0.29, 0.717) is 30.3 Å². The summed E-state index contributed by atoms with van der Waals surface area (Å²) in [5.74, 6) is 0.959. The molecule has 3 aromatic rings. The molecule has 2 aromatic carbocycles. The van der Waals surface area contributed by atoms with Crippen molar-refractivity contribution in [3.05, 3.63) is 89.7 Å². The monoisotopic (exact) mass is 375 g/mol. The number of rotatable bonds is 8. The summed E-state index contributed by atoms with van der Waals surface area (Å²) in [4.78, 5) is 15.9. The number of amides is 1. The zero-order chi connectivity index (χ0) is 19.6. The van der Waals surface area contributed by atoms with Crippen molar-refractivity contribution < 1.29 is 14.3 Å². The molecule has 6 heteroatoms. The molecule has 0 saturated heterocycles. The van der Waals surface area contributed by atoms with Crippen molar-refractivity contribution in [2.45, 2.75) is 13.5 Å². The van der Waals surface area contributed by atoms with E-state index < -0.39 is 0 Å². The number of carbonyl (C=O) groups is 1. The summed E-state index contributed by atoms with van der Waals surface area (Å²) < 4.78 is 11.6. The van der Waals surface area contributed by atoms with Gasteiger partial charge in [0, 0.05) is 12.4 Å². The van der Waals surface area contributed by atoms with Gasteiger partial charge in [0.1, 0.15) is 6.61 Å². The number of aromatic nitrogens is 1. The summed E-state index contributed by atoms with van der Waals surface area (Å²) in [5, 5.41) is 3.99. The molecule has 0 aliphatic rings. The lowest BCUT2D eigenvalue weighted by Crippen LogP contribution is -2.17. The highest BCUT2D eigenvalue weighted by atomic mass is 16.5. The van der Waals surface area contributed by atoms with Gasteiger partial charge < -0.3 is 9.47 Å². The van der Waals surface area contributed by atoms with Crippen LogP contribution in [0.2, 0.25) is 0 Å². The van der Waals surface area contributed by atoms with E-state index in [4.69, 9.17) is 9.47 Å². The summed E-state index contributed by atoms with van der Waals surface area (Å²) in [5.41, 5.74) is 4.78. The highest BCUT2D eigenvalue weighted by Crippen LogP contribution is 2.28. The van der Waals surface area contributed by atoms with Crippen LogP contribution in [0.3, 0.4) is 0 Å². The van der Waals surface area contributed by atoms with Crippen molar-refractivity contribution in [2.75, 3.05) is 6.61 Å². The summed E-state index contributed by atoms with van der Waals surface area (Å²) in [6, 6.07) is 18.8. The van der Waals surface area contributed by atoms with E-state index in [-0.39, 0.29) is 5.91 Å². The zero-order valence-electron chi connectivity index (χ0n) is 15.5. The van der Waals surface area contributed by atoms with Crippen molar-refractivity contribution in [2.24, 2.45) is 5.10 Å². The maximum Gasteiger partial charge on any atom is 0.272 e. The lowest BCUT2D eigenvalue weighted by atomic mass is 10.2. The minimum absolute atomic E-state index is 0.322. The van der Waals surface area contributed by atoms with Gasteiger partial charge in [-0.05, 0) is 48.4 Å². The summed E-state index contributed by atoms with van der Waals surface area (Å²) >= 11 is 0. The second-order valence-electron chi connectivity index (χ2n) is 5.85. The molecule has 0 aliphatic carbocycles. The van der Waals surface area contributed by atoms with E-state index in [1.807, 2.05) is 55.5 Å². The van der Waals surface area contributed by atoms with Crippen LogP contribution in [0.15, 0.2) is 78.2 Å². The van der Waals surface area contributed by atoms with Crippen LogP contribution in [0.25, 0.3) is 0 Å². The number of benzene rings is 2. The minimum Gasteiger partial charge on any atom is -0.490 e. The smallest absolute Gasteiger partial charge is 0.272 e. The average Bonchev–Trinajstić information content (AvgIpc) is 2.75. The Kier molecular flexibility index (Phi) is 6.73. The number of ether oxygens (including phenoxy) is 2. The summed E-state index contributed by atoms with van der Waals surface area (Å²) in [6.45, 7) is 2.88. The molecule has 1 amide bonds. The van der Waals surface area contributed by atoms with Crippen molar-refractivity contribution in [1.29, 1.82) is 0 Å². The Morgan fingerprint density at radius 3 is 2.68 bits per heavy atom. The average molecular weight is 375 g/mol. The van der Waals surface area contributed by atoms with Crippen molar-refractivity contribution >= 4 is 12.1 Å². The van der Waals surface area contributed by atoms with Gasteiger partial charge in [0.2, 0.25) is 0 Å². The van der Waals surface area contributed by atoms with Crippen LogP contribution in [-0.4, -0.2) is 23.7 Å². The Hall–Kier alpha value is -3.67. The number of carbonyl (C=O) groups excluding carboxylic acids is 1. The normalized spacial score (nSPS) is 10.6. The van der Waals surface area contributed by atoms with E-state index in [1.165, 1.54) is 6.20 Å². The number of nitrogens with one attached hydrogen (secondary N) is 1. The molecule has 1 heterocycles. The highest BCUT2D eigenvalue weighted by Gasteiger charge is 2.07. The highest BCUT2D eigenvalue weighted by molar-refractivity contribution is 5.94. The second-order valence-corrected chi connectivity index (χ2v) is 5.85. The molecule has 0 spiro atoms. The molecule has 6 nitrogen and oxygen atoms in total. The lowest BCUT2D eigenvalue weighted by Gasteiger charge is -2.12. The van der Waals surface area contributed by atoms with E-state index in [9.17, 15) is 4.79 Å². The zero-order valence-corrected chi connectivity index (χ0v) is 15.5. The standard InChI is InChI=1S/C22H21N3O3/c1-2-27-21-13-18(14-24-25-22(26)19-9-6-12-23-15-19)10-11-20(21)28-16-17-7-4-3-5-8-17/h3-15H,2,16H2,1H3,(H,25,26)/b24-14+. The topological polar surface area (TPSA) is 72.8 Å². The Bertz CT molecular complexity index is 928. The Labute approximate surface area is 163 Å². The van der Waals surface area contributed by atoms with Crippen LogP contribution in [0, 0.1) is 0 Å². The minimum atomic E-state index is -0.322. The van der Waals surface area contributed by atoms with Gasteiger partial charge in [-0.1, -0.05) is 30.3 Å². The molecular formula is C22H21N3O3. The molecule has 0 aliphatic heterocycles. The first kappa shape index (κ1) is 19.1. The molecule has 0 atom stereocenters. The van der Waals surface area contributed by atoms with Gasteiger partial charge in [-0.2, -0.15) is 5.10 Å². The Morgan fingerprint density at radius 1 is 1.07 bits per heavy atom. The molecule has 1 aromatic heterocycles. The number of hydrogen-bond acceptors (Lipinski definition) is 5. The van der Waals surface area contributed by atoms with Gasteiger partial charge in [0.05, 0.1) is 18.4 Å². The van der Waals surface area contributed by atoms with Crippen LogP contribution in [0.4, 0.5) is 0 Å².